The molecule has 0 aliphatic heterocycles. The minimum Gasteiger partial charge on any atom is -0.508 e. The highest BCUT2D eigenvalue weighted by Gasteiger charge is 2.27. The number of aliphatic hydroxyl groups excluding tert-OH is 3. The van der Waals surface area contributed by atoms with Crippen molar-refractivity contribution < 1.29 is 25.2 Å². The van der Waals surface area contributed by atoms with Crippen molar-refractivity contribution in [2.45, 2.75) is 12.2 Å². The number of carbonyl (C=O) groups excluding carboxylic acids is 1. The Bertz CT molecular complexity index is 1160. The van der Waals surface area contributed by atoms with Gasteiger partial charge >= 0.3 is 0 Å². The zero-order chi connectivity index (χ0) is 21.8. The van der Waals surface area contributed by atoms with Gasteiger partial charge in [-0.05, 0) is 42.5 Å². The number of nitrogens with one attached hydrogen (secondary N) is 2. The number of nitrogens with zero attached hydrogens (tertiary/aromatic N) is 2. The number of hydrogen-bond donors (Lipinski definition) is 6. The van der Waals surface area contributed by atoms with E-state index < -0.39 is 36.0 Å². The largest absolute Gasteiger partial charge is 0.508 e. The highest BCUT2D eigenvalue weighted by molar-refractivity contribution is 6.31. The summed E-state index contributed by atoms with van der Waals surface area (Å²) in [4.78, 5) is 31.5. The molecular formula is C19H17ClN4O6. The molecule has 3 aromatic rings. The van der Waals surface area contributed by atoms with Gasteiger partial charge in [0.05, 0.1) is 17.6 Å². The van der Waals surface area contributed by atoms with E-state index in [9.17, 15) is 24.9 Å². The first kappa shape index (κ1) is 21.4. The van der Waals surface area contributed by atoms with Gasteiger partial charge in [-0.1, -0.05) is 11.6 Å². The maximum atomic E-state index is 12.5. The summed E-state index contributed by atoms with van der Waals surface area (Å²) in [5.41, 5.74) is 1.36. The molecule has 0 aliphatic carbocycles. The molecule has 2 aromatic carbocycles. The second-order valence-electron chi connectivity index (χ2n) is 6.26. The first-order valence-electron chi connectivity index (χ1n) is 8.64. The highest BCUT2D eigenvalue weighted by Crippen LogP contribution is 2.16. The fourth-order valence-corrected chi connectivity index (χ4v) is 2.73. The lowest BCUT2D eigenvalue weighted by Gasteiger charge is -2.17. The summed E-state index contributed by atoms with van der Waals surface area (Å²) in [6, 6.07) is 9.82. The van der Waals surface area contributed by atoms with Crippen LogP contribution < -0.4 is 11.0 Å². The maximum Gasteiger partial charge on any atom is 0.276 e. The van der Waals surface area contributed by atoms with Gasteiger partial charge in [0.2, 0.25) is 0 Å². The van der Waals surface area contributed by atoms with Crippen molar-refractivity contribution in [1.82, 2.24) is 15.4 Å². The fourth-order valence-electron chi connectivity index (χ4n) is 2.56. The van der Waals surface area contributed by atoms with Gasteiger partial charge in [-0.2, -0.15) is 5.10 Å². The van der Waals surface area contributed by atoms with Gasteiger partial charge in [-0.15, -0.1) is 0 Å². The quantitative estimate of drug-likeness (QED) is 0.237. The summed E-state index contributed by atoms with van der Waals surface area (Å²) < 4.78 is 0. The normalized spacial score (nSPS) is 13.8. The first-order chi connectivity index (χ1) is 14.3. The van der Waals surface area contributed by atoms with Crippen LogP contribution in [0.15, 0.2) is 52.4 Å². The van der Waals surface area contributed by atoms with Crippen LogP contribution in [-0.4, -0.2) is 60.8 Å². The third-order valence-electron chi connectivity index (χ3n) is 4.14. The van der Waals surface area contributed by atoms with Gasteiger partial charge in [-0.3, -0.25) is 9.59 Å². The number of H-pyrrole nitrogens is 1. The van der Waals surface area contributed by atoms with Crippen LogP contribution in [0.5, 0.6) is 5.75 Å². The first-order valence-corrected chi connectivity index (χ1v) is 9.02. The second-order valence-corrected chi connectivity index (χ2v) is 6.69. The van der Waals surface area contributed by atoms with Crippen LogP contribution >= 0.6 is 11.6 Å². The zero-order valence-corrected chi connectivity index (χ0v) is 16.0. The van der Waals surface area contributed by atoms with Crippen LogP contribution in [0.1, 0.15) is 16.1 Å². The summed E-state index contributed by atoms with van der Waals surface area (Å²) in [5, 5.41) is 42.8. The van der Waals surface area contributed by atoms with Gasteiger partial charge in [0, 0.05) is 10.6 Å². The van der Waals surface area contributed by atoms with E-state index in [4.69, 9.17) is 16.7 Å². The van der Waals surface area contributed by atoms with E-state index in [1.807, 2.05) is 0 Å². The van der Waals surface area contributed by atoms with E-state index in [-0.39, 0.29) is 22.5 Å². The number of benzene rings is 2. The molecule has 30 heavy (non-hydrogen) atoms. The van der Waals surface area contributed by atoms with Gasteiger partial charge in [0.1, 0.15) is 23.7 Å². The number of aromatic amines is 1. The minimum atomic E-state index is -1.83. The lowest BCUT2D eigenvalue weighted by Crippen LogP contribution is -2.41. The van der Waals surface area contributed by atoms with E-state index in [1.54, 1.807) is 6.07 Å². The van der Waals surface area contributed by atoms with E-state index >= 15 is 0 Å². The smallest absolute Gasteiger partial charge is 0.276 e. The molecule has 11 heteroatoms. The fraction of sp³-hybridized carbons (Fsp3) is 0.158. The molecule has 2 unspecified atom stereocenters. The molecule has 0 saturated heterocycles. The molecule has 156 valence electrons. The molecule has 10 nitrogen and oxygen atoms in total. The van der Waals surface area contributed by atoms with Gasteiger partial charge in [-0.25, -0.2) is 10.4 Å². The summed E-state index contributed by atoms with van der Waals surface area (Å²) in [6.07, 6.45) is -3.52. The number of fused-ring (bicyclic) bond motifs is 1. The Hall–Kier alpha value is -3.31. The number of carbonyl (C=O) groups is 1. The summed E-state index contributed by atoms with van der Waals surface area (Å²) in [5.74, 6) is -0.749. The predicted molar refractivity (Wildman–Crippen MR) is 109 cm³/mol. The molecule has 0 fully saturated rings. The predicted octanol–water partition coefficient (Wildman–Crippen LogP) is 0.130. The van der Waals surface area contributed by atoms with Crippen molar-refractivity contribution in [3.8, 4) is 5.75 Å². The molecular weight excluding hydrogens is 416 g/mol. The average molecular weight is 433 g/mol. The number of aliphatic hydroxyl groups is 3. The van der Waals surface area contributed by atoms with Crippen LogP contribution in [0.3, 0.4) is 0 Å². The number of rotatable bonds is 6. The molecule has 0 radical (unpaired) electrons. The van der Waals surface area contributed by atoms with Crippen molar-refractivity contribution in [3.63, 3.8) is 0 Å². The zero-order valence-electron chi connectivity index (χ0n) is 15.3. The van der Waals surface area contributed by atoms with E-state index in [1.165, 1.54) is 36.4 Å². The molecule has 0 aliphatic rings. The lowest BCUT2D eigenvalue weighted by molar-refractivity contribution is 0.0183. The number of phenols is 1. The van der Waals surface area contributed by atoms with Crippen LogP contribution in [-0.2, 0) is 0 Å². The minimum absolute atomic E-state index is 0.0391. The van der Waals surface area contributed by atoms with Gasteiger partial charge in [0.25, 0.3) is 11.5 Å². The Morgan fingerprint density at radius 1 is 1.20 bits per heavy atom. The van der Waals surface area contributed by atoms with E-state index in [0.717, 1.165) is 0 Å². The average Bonchev–Trinajstić information content (AvgIpc) is 2.73. The van der Waals surface area contributed by atoms with Crippen LogP contribution in [0.25, 0.3) is 11.0 Å². The molecule has 1 amide bonds. The van der Waals surface area contributed by atoms with Crippen molar-refractivity contribution in [2.75, 3.05) is 6.61 Å². The highest BCUT2D eigenvalue weighted by atomic mass is 35.5. The van der Waals surface area contributed by atoms with Crippen LogP contribution in [0.4, 0.5) is 0 Å². The summed E-state index contributed by atoms with van der Waals surface area (Å²) in [6.45, 7) is -0.830. The Morgan fingerprint density at radius 3 is 2.57 bits per heavy atom. The van der Waals surface area contributed by atoms with Crippen molar-refractivity contribution in [3.05, 3.63) is 69.1 Å². The van der Waals surface area contributed by atoms with Crippen molar-refractivity contribution in [2.24, 2.45) is 5.10 Å². The third kappa shape index (κ3) is 4.63. The van der Waals surface area contributed by atoms with Gasteiger partial charge < -0.3 is 25.4 Å². The second kappa shape index (κ2) is 9.01. The molecule has 0 bridgehead atoms. The lowest BCUT2D eigenvalue weighted by atomic mass is 10.1. The van der Waals surface area contributed by atoms with Crippen LogP contribution in [0.2, 0.25) is 5.02 Å². The SMILES string of the molecule is O=C(NN=C(c1nc2cc(Cl)ccc2[nH]c1=O)C(O)C(O)CO)c1ccc(O)cc1. The monoisotopic (exact) mass is 432 g/mol. The Labute approximate surface area is 174 Å². The van der Waals surface area contributed by atoms with Crippen molar-refractivity contribution >= 4 is 34.3 Å². The number of aromatic hydroxyl groups is 1. The Balaban J connectivity index is 2.04. The third-order valence-corrected chi connectivity index (χ3v) is 4.37. The van der Waals surface area contributed by atoms with E-state index in [2.05, 4.69) is 20.5 Å². The molecule has 3 rings (SSSR count). The number of aromatic nitrogens is 2. The Morgan fingerprint density at radius 2 is 1.90 bits per heavy atom. The van der Waals surface area contributed by atoms with Crippen LogP contribution in [0, 0.1) is 0 Å². The van der Waals surface area contributed by atoms with E-state index in [0.29, 0.717) is 10.5 Å². The number of hydrogen-bond acceptors (Lipinski definition) is 8. The number of phenolic OH excluding ortho intramolecular Hbond substituents is 1. The number of halogens is 1. The molecule has 2 atom stereocenters. The molecule has 0 spiro atoms. The number of amides is 1. The number of hydrazone groups is 1. The topological polar surface area (TPSA) is 168 Å². The summed E-state index contributed by atoms with van der Waals surface area (Å²) >= 11 is 5.95. The maximum absolute atomic E-state index is 12.5. The molecule has 6 N–H and O–H groups in total. The van der Waals surface area contributed by atoms with Crippen molar-refractivity contribution in [1.29, 1.82) is 0 Å². The standard InChI is InChI=1S/C19H17ClN4O6/c20-10-3-6-12-13(7-10)21-16(19(30)22-12)15(17(28)14(27)8-25)23-24-18(29)9-1-4-11(26)5-2-9/h1-7,14,17,25-28H,8H2,(H,22,30)(H,24,29). The molecule has 0 saturated carbocycles. The molecule has 1 heterocycles. The van der Waals surface area contributed by atoms with Gasteiger partial charge in [0.15, 0.2) is 5.69 Å². The molecule has 1 aromatic heterocycles. The summed E-state index contributed by atoms with van der Waals surface area (Å²) in [7, 11) is 0. The Kier molecular flexibility index (Phi) is 6.43.